The largest absolute Gasteiger partial charge is 0.508 e. The second kappa shape index (κ2) is 5.74. The van der Waals surface area contributed by atoms with Gasteiger partial charge in [0.2, 0.25) is 0 Å². The molecule has 0 fully saturated rings. The molecule has 82 valence electrons. The first-order chi connectivity index (χ1) is 6.43. The molecule has 0 aromatic heterocycles. The minimum atomic E-state index is -3.19. The normalized spacial score (nSPS) is 14.6. The molecule has 0 saturated carbocycles. The first-order valence-electron chi connectivity index (χ1n) is 3.92. The summed E-state index contributed by atoms with van der Waals surface area (Å²) in [5, 5.41) is 52.4. The number of aliphatic hydroxyl groups excluding tert-OH is 3. The van der Waals surface area contributed by atoms with Gasteiger partial charge in [0.15, 0.2) is 0 Å². The molecule has 14 heavy (non-hydrogen) atoms. The summed E-state index contributed by atoms with van der Waals surface area (Å²) >= 11 is 0. The summed E-state index contributed by atoms with van der Waals surface area (Å²) in [5.74, 6) is -3.85. The van der Waals surface area contributed by atoms with E-state index >= 15 is 0 Å². The molecule has 0 amide bonds. The summed E-state index contributed by atoms with van der Waals surface area (Å²) in [5.41, 5.74) is -0.583. The molecule has 0 saturated heterocycles. The van der Waals surface area contributed by atoms with Crippen LogP contribution in [0.3, 0.4) is 0 Å². The van der Waals surface area contributed by atoms with Gasteiger partial charge in [-0.25, -0.2) is 0 Å². The van der Waals surface area contributed by atoms with E-state index in [9.17, 15) is 0 Å². The SMILES string of the molecule is OCC=C(O)C(=CCCO)C(O)(O)O. The van der Waals surface area contributed by atoms with Gasteiger partial charge in [-0.15, -0.1) is 0 Å². The number of hydrogen-bond donors (Lipinski definition) is 6. The molecule has 0 heterocycles. The fraction of sp³-hybridized carbons (Fsp3) is 0.500. The fourth-order valence-corrected chi connectivity index (χ4v) is 0.819. The molecule has 0 unspecified atom stereocenters. The lowest BCUT2D eigenvalue weighted by Gasteiger charge is -2.17. The third kappa shape index (κ3) is 4.35. The van der Waals surface area contributed by atoms with Gasteiger partial charge < -0.3 is 30.6 Å². The lowest BCUT2D eigenvalue weighted by Crippen LogP contribution is -2.31. The average Bonchev–Trinajstić information content (AvgIpc) is 2.03. The smallest absolute Gasteiger partial charge is 0.307 e. The quantitative estimate of drug-likeness (QED) is 0.182. The summed E-state index contributed by atoms with van der Waals surface area (Å²) in [4.78, 5) is 0. The fourth-order valence-electron chi connectivity index (χ4n) is 0.819. The minimum absolute atomic E-state index is 0.0299. The van der Waals surface area contributed by atoms with Crippen molar-refractivity contribution in [3.63, 3.8) is 0 Å². The topological polar surface area (TPSA) is 121 Å². The second-order valence-electron chi connectivity index (χ2n) is 2.54. The van der Waals surface area contributed by atoms with Gasteiger partial charge in [0, 0.05) is 6.61 Å². The van der Waals surface area contributed by atoms with Gasteiger partial charge in [-0.3, -0.25) is 0 Å². The molecule has 0 aliphatic rings. The number of aliphatic hydroxyl groups is 6. The summed E-state index contributed by atoms with van der Waals surface area (Å²) in [6.07, 6.45) is 1.95. The maximum Gasteiger partial charge on any atom is 0.307 e. The van der Waals surface area contributed by atoms with E-state index in [0.29, 0.717) is 0 Å². The highest BCUT2D eigenvalue weighted by molar-refractivity contribution is 5.28. The summed E-state index contributed by atoms with van der Waals surface area (Å²) in [6, 6.07) is 0. The molecule has 0 aliphatic carbocycles. The Morgan fingerprint density at radius 2 is 1.64 bits per heavy atom. The first kappa shape index (κ1) is 13.1. The van der Waals surface area contributed by atoms with Crippen molar-refractivity contribution in [3.05, 3.63) is 23.5 Å². The molecule has 0 aromatic carbocycles. The van der Waals surface area contributed by atoms with Crippen LogP contribution in [-0.4, -0.2) is 49.8 Å². The van der Waals surface area contributed by atoms with Gasteiger partial charge in [-0.1, -0.05) is 6.08 Å². The van der Waals surface area contributed by atoms with Crippen LogP contribution < -0.4 is 0 Å². The zero-order chi connectivity index (χ0) is 11.2. The third-order valence-electron chi connectivity index (χ3n) is 1.40. The van der Waals surface area contributed by atoms with Crippen LogP contribution >= 0.6 is 0 Å². The van der Waals surface area contributed by atoms with Crippen molar-refractivity contribution >= 4 is 0 Å². The molecule has 0 bridgehead atoms. The Kier molecular flexibility index (Phi) is 5.36. The highest BCUT2D eigenvalue weighted by Crippen LogP contribution is 2.18. The Hall–Kier alpha value is -0.920. The van der Waals surface area contributed by atoms with Crippen LogP contribution in [0.2, 0.25) is 0 Å². The molecular weight excluding hydrogens is 192 g/mol. The van der Waals surface area contributed by atoms with Crippen LogP contribution in [-0.2, 0) is 0 Å². The summed E-state index contributed by atoms with van der Waals surface area (Å²) in [7, 11) is 0. The van der Waals surface area contributed by atoms with E-state index in [0.717, 1.165) is 12.2 Å². The lowest BCUT2D eigenvalue weighted by atomic mass is 10.1. The molecule has 0 radical (unpaired) electrons. The van der Waals surface area contributed by atoms with E-state index in [-0.39, 0.29) is 13.0 Å². The van der Waals surface area contributed by atoms with E-state index in [1.807, 2.05) is 0 Å². The molecular formula is C8H14O6. The molecule has 0 rings (SSSR count). The average molecular weight is 206 g/mol. The zero-order valence-electron chi connectivity index (χ0n) is 7.46. The monoisotopic (exact) mass is 206 g/mol. The maximum absolute atomic E-state index is 9.14. The summed E-state index contributed by atoms with van der Waals surface area (Å²) in [6.45, 7) is -0.787. The van der Waals surface area contributed by atoms with E-state index in [1.165, 1.54) is 0 Å². The Balaban J connectivity index is 4.83. The molecule has 6 nitrogen and oxygen atoms in total. The van der Waals surface area contributed by atoms with Gasteiger partial charge in [-0.05, 0) is 12.5 Å². The van der Waals surface area contributed by atoms with Crippen molar-refractivity contribution in [3.8, 4) is 0 Å². The second-order valence-corrected chi connectivity index (χ2v) is 2.54. The standard InChI is InChI=1S/C8H14O6/c9-4-1-2-6(8(12,13)14)7(11)3-5-10/h2-3,9-14H,1,4-5H2. The van der Waals surface area contributed by atoms with Crippen LogP contribution in [0.25, 0.3) is 0 Å². The highest BCUT2D eigenvalue weighted by Gasteiger charge is 2.27. The van der Waals surface area contributed by atoms with Crippen LogP contribution in [0.15, 0.2) is 23.5 Å². The Labute approximate surface area is 80.7 Å². The van der Waals surface area contributed by atoms with Crippen molar-refractivity contribution in [2.45, 2.75) is 12.4 Å². The highest BCUT2D eigenvalue weighted by atomic mass is 16.7. The van der Waals surface area contributed by atoms with Crippen LogP contribution in [0.1, 0.15) is 6.42 Å². The van der Waals surface area contributed by atoms with Crippen LogP contribution in [0, 0.1) is 0 Å². The third-order valence-corrected chi connectivity index (χ3v) is 1.40. The number of rotatable bonds is 5. The van der Waals surface area contributed by atoms with Crippen LogP contribution in [0.4, 0.5) is 0 Å². The van der Waals surface area contributed by atoms with E-state index in [4.69, 9.17) is 30.6 Å². The number of hydrogen-bond acceptors (Lipinski definition) is 6. The van der Waals surface area contributed by atoms with E-state index < -0.39 is 23.9 Å². The van der Waals surface area contributed by atoms with Gasteiger partial charge in [0.05, 0.1) is 12.2 Å². The van der Waals surface area contributed by atoms with E-state index in [2.05, 4.69) is 0 Å². The predicted octanol–water partition coefficient (Wildman–Crippen LogP) is -1.64. The Bertz CT molecular complexity index is 224. The molecule has 6 heteroatoms. The van der Waals surface area contributed by atoms with Gasteiger partial charge in [0.25, 0.3) is 0 Å². The minimum Gasteiger partial charge on any atom is -0.508 e. The zero-order valence-corrected chi connectivity index (χ0v) is 7.46. The van der Waals surface area contributed by atoms with Crippen molar-refractivity contribution in [1.82, 2.24) is 0 Å². The van der Waals surface area contributed by atoms with Gasteiger partial charge in [0.1, 0.15) is 5.76 Å². The molecule has 0 aromatic rings. The molecule has 0 aliphatic heterocycles. The van der Waals surface area contributed by atoms with Crippen molar-refractivity contribution in [1.29, 1.82) is 0 Å². The van der Waals surface area contributed by atoms with Crippen LogP contribution in [0.5, 0.6) is 0 Å². The van der Waals surface area contributed by atoms with Crippen molar-refractivity contribution in [2.24, 2.45) is 0 Å². The predicted molar refractivity (Wildman–Crippen MR) is 47.0 cm³/mol. The lowest BCUT2D eigenvalue weighted by molar-refractivity contribution is -0.281. The molecule has 0 atom stereocenters. The molecule has 0 spiro atoms. The molecule has 6 N–H and O–H groups in total. The van der Waals surface area contributed by atoms with Gasteiger partial charge >= 0.3 is 5.97 Å². The van der Waals surface area contributed by atoms with Crippen molar-refractivity contribution in [2.75, 3.05) is 13.2 Å². The van der Waals surface area contributed by atoms with E-state index in [1.54, 1.807) is 0 Å². The van der Waals surface area contributed by atoms with Gasteiger partial charge in [-0.2, -0.15) is 0 Å². The first-order valence-corrected chi connectivity index (χ1v) is 3.92. The Morgan fingerprint density at radius 1 is 1.07 bits per heavy atom. The Morgan fingerprint density at radius 3 is 2.00 bits per heavy atom. The maximum atomic E-state index is 9.14. The summed E-state index contributed by atoms with van der Waals surface area (Å²) < 4.78 is 0. The van der Waals surface area contributed by atoms with Crippen molar-refractivity contribution < 1.29 is 30.6 Å².